The second kappa shape index (κ2) is 3.85. The zero-order valence-electron chi connectivity index (χ0n) is 8.71. The fourth-order valence-electron chi connectivity index (χ4n) is 1.95. The third-order valence-corrected chi connectivity index (χ3v) is 2.73. The second-order valence-corrected chi connectivity index (χ2v) is 3.97. The van der Waals surface area contributed by atoms with Gasteiger partial charge in [-0.05, 0) is 30.9 Å². The van der Waals surface area contributed by atoms with Crippen LogP contribution < -0.4 is 5.32 Å². The largest absolute Gasteiger partial charge is 0.348 e. The Hall–Kier alpha value is -1.64. The van der Waals surface area contributed by atoms with E-state index in [1.807, 2.05) is 12.1 Å². The van der Waals surface area contributed by atoms with Crippen molar-refractivity contribution < 1.29 is 4.79 Å². The molecule has 0 atom stereocenters. The Morgan fingerprint density at radius 1 is 1.33 bits per heavy atom. The monoisotopic (exact) mass is 202 g/mol. The smallest absolute Gasteiger partial charge is 0.264 e. The van der Waals surface area contributed by atoms with Crippen LogP contribution in [0.3, 0.4) is 0 Å². The molecule has 2 N–H and O–H groups in total. The molecule has 0 spiro atoms. The molecule has 3 nitrogen and oxygen atoms in total. The van der Waals surface area contributed by atoms with E-state index >= 15 is 0 Å². The van der Waals surface area contributed by atoms with Crippen LogP contribution in [0.2, 0.25) is 0 Å². The topological polar surface area (TPSA) is 53.0 Å². The maximum atomic E-state index is 11.3. The number of carbonyl (C=O) groups is 1. The molecule has 0 saturated heterocycles. The number of nitrogens with one attached hydrogen (secondary N) is 2. The van der Waals surface area contributed by atoms with Crippen molar-refractivity contribution >= 4 is 11.6 Å². The van der Waals surface area contributed by atoms with Crippen LogP contribution in [0.25, 0.3) is 0 Å². The molecular formula is C12H14N2O. The van der Waals surface area contributed by atoms with E-state index < -0.39 is 0 Å². The van der Waals surface area contributed by atoms with Crippen molar-refractivity contribution in [2.24, 2.45) is 0 Å². The molecule has 0 heterocycles. The maximum Gasteiger partial charge on any atom is 0.264 e. The molecule has 0 unspecified atom stereocenters. The first kappa shape index (κ1) is 9.90. The highest BCUT2D eigenvalue weighted by Crippen LogP contribution is 2.21. The predicted molar refractivity (Wildman–Crippen MR) is 59.2 cm³/mol. The van der Waals surface area contributed by atoms with Gasteiger partial charge in [0.25, 0.3) is 5.91 Å². The molecule has 2 rings (SSSR count). The summed E-state index contributed by atoms with van der Waals surface area (Å²) >= 11 is 0. The average molecular weight is 202 g/mol. The number of carbonyl (C=O) groups excluding carboxylic acids is 1. The summed E-state index contributed by atoms with van der Waals surface area (Å²) in [5.41, 5.74) is 2.70. The Labute approximate surface area is 89.0 Å². The lowest BCUT2D eigenvalue weighted by molar-refractivity contribution is -0.115. The number of amides is 1. The molecule has 1 aliphatic rings. The molecular weight excluding hydrogens is 188 g/mol. The Morgan fingerprint density at radius 2 is 1.87 bits per heavy atom. The first-order valence-corrected chi connectivity index (χ1v) is 5.09. The lowest BCUT2D eigenvalue weighted by Crippen LogP contribution is -2.38. The van der Waals surface area contributed by atoms with Crippen molar-refractivity contribution in [1.29, 1.82) is 5.41 Å². The van der Waals surface area contributed by atoms with Crippen molar-refractivity contribution in [2.75, 3.05) is 0 Å². The summed E-state index contributed by atoms with van der Waals surface area (Å²) < 4.78 is 0. The average Bonchev–Trinajstić information content (AvgIpc) is 2.59. The van der Waals surface area contributed by atoms with Gasteiger partial charge in [0.05, 0.1) is 5.71 Å². The van der Waals surface area contributed by atoms with Gasteiger partial charge in [-0.2, -0.15) is 0 Å². The van der Waals surface area contributed by atoms with Crippen molar-refractivity contribution in [3.05, 3.63) is 35.4 Å². The molecule has 0 aliphatic heterocycles. The van der Waals surface area contributed by atoms with Crippen LogP contribution in [0.15, 0.2) is 24.3 Å². The molecule has 1 amide bonds. The number of rotatable bonds is 2. The van der Waals surface area contributed by atoms with Crippen molar-refractivity contribution in [3.63, 3.8) is 0 Å². The van der Waals surface area contributed by atoms with Crippen molar-refractivity contribution in [1.82, 2.24) is 5.32 Å². The molecule has 0 fully saturated rings. The van der Waals surface area contributed by atoms with Crippen LogP contribution in [-0.2, 0) is 17.6 Å². The van der Waals surface area contributed by atoms with E-state index in [2.05, 4.69) is 17.4 Å². The van der Waals surface area contributed by atoms with Gasteiger partial charge in [-0.25, -0.2) is 0 Å². The molecule has 3 heteroatoms. The minimum Gasteiger partial charge on any atom is -0.348 e. The maximum absolute atomic E-state index is 11.3. The van der Waals surface area contributed by atoms with E-state index in [1.54, 1.807) is 0 Å². The Kier molecular flexibility index (Phi) is 2.54. The van der Waals surface area contributed by atoms with Gasteiger partial charge < -0.3 is 5.32 Å². The molecule has 78 valence electrons. The zero-order valence-corrected chi connectivity index (χ0v) is 8.71. The third kappa shape index (κ3) is 2.06. The van der Waals surface area contributed by atoms with Gasteiger partial charge in [0.1, 0.15) is 0 Å². The molecule has 1 aliphatic carbocycles. The van der Waals surface area contributed by atoms with Crippen LogP contribution in [0.5, 0.6) is 0 Å². The highest BCUT2D eigenvalue weighted by molar-refractivity contribution is 6.36. The zero-order chi connectivity index (χ0) is 10.8. The lowest BCUT2D eigenvalue weighted by atomic mass is 10.1. The van der Waals surface area contributed by atoms with Gasteiger partial charge in [-0.3, -0.25) is 10.2 Å². The van der Waals surface area contributed by atoms with Gasteiger partial charge in [-0.15, -0.1) is 0 Å². The fraction of sp³-hybridized carbons (Fsp3) is 0.333. The first-order valence-electron chi connectivity index (χ1n) is 5.09. The third-order valence-electron chi connectivity index (χ3n) is 2.73. The van der Waals surface area contributed by atoms with E-state index in [0.717, 1.165) is 12.8 Å². The van der Waals surface area contributed by atoms with Gasteiger partial charge in [0.15, 0.2) is 0 Å². The highest BCUT2D eigenvalue weighted by atomic mass is 16.1. The number of benzene rings is 1. The fourth-order valence-corrected chi connectivity index (χ4v) is 1.95. The highest BCUT2D eigenvalue weighted by Gasteiger charge is 2.22. The van der Waals surface area contributed by atoms with Crippen LogP contribution >= 0.6 is 0 Å². The van der Waals surface area contributed by atoms with Gasteiger partial charge >= 0.3 is 0 Å². The minimum atomic E-state index is -0.257. The summed E-state index contributed by atoms with van der Waals surface area (Å²) in [6.45, 7) is 1.51. The summed E-state index contributed by atoms with van der Waals surface area (Å²) in [6.07, 6.45) is 1.77. The van der Waals surface area contributed by atoms with E-state index in [-0.39, 0.29) is 17.7 Å². The molecule has 0 saturated carbocycles. The van der Waals surface area contributed by atoms with Crippen LogP contribution in [0.4, 0.5) is 0 Å². The molecule has 15 heavy (non-hydrogen) atoms. The van der Waals surface area contributed by atoms with Crippen molar-refractivity contribution in [2.45, 2.75) is 25.8 Å². The molecule has 1 aromatic rings. The summed E-state index contributed by atoms with van der Waals surface area (Å²) in [5.74, 6) is -0.257. The Morgan fingerprint density at radius 3 is 2.33 bits per heavy atom. The summed E-state index contributed by atoms with van der Waals surface area (Å²) in [5, 5.41) is 10.1. The van der Waals surface area contributed by atoms with Crippen LogP contribution in [0.1, 0.15) is 18.1 Å². The van der Waals surface area contributed by atoms with E-state index in [0.29, 0.717) is 0 Å². The first-order chi connectivity index (χ1) is 7.16. The summed E-state index contributed by atoms with van der Waals surface area (Å²) in [4.78, 5) is 11.3. The van der Waals surface area contributed by atoms with E-state index in [9.17, 15) is 4.79 Å². The predicted octanol–water partition coefficient (Wildman–Crippen LogP) is 1.31. The van der Waals surface area contributed by atoms with Crippen molar-refractivity contribution in [3.8, 4) is 0 Å². The second-order valence-electron chi connectivity index (χ2n) is 3.97. The Balaban J connectivity index is 2.02. The SMILES string of the molecule is CC(=N)C(=O)NC1Cc2ccccc2C1. The van der Waals surface area contributed by atoms with E-state index in [1.165, 1.54) is 18.1 Å². The molecule has 1 aromatic carbocycles. The van der Waals surface area contributed by atoms with E-state index in [4.69, 9.17) is 5.41 Å². The number of fused-ring (bicyclic) bond motifs is 1. The quantitative estimate of drug-likeness (QED) is 0.698. The number of hydrogen-bond acceptors (Lipinski definition) is 2. The van der Waals surface area contributed by atoms with Crippen LogP contribution in [0, 0.1) is 5.41 Å². The van der Waals surface area contributed by atoms with Gasteiger partial charge in [0.2, 0.25) is 0 Å². The lowest BCUT2D eigenvalue weighted by Gasteiger charge is -2.10. The molecule has 0 aromatic heterocycles. The number of hydrogen-bond donors (Lipinski definition) is 2. The normalized spacial score (nSPS) is 14.7. The summed E-state index contributed by atoms with van der Waals surface area (Å²) in [7, 11) is 0. The molecule has 0 radical (unpaired) electrons. The summed E-state index contributed by atoms with van der Waals surface area (Å²) in [6, 6.07) is 8.39. The minimum absolute atomic E-state index is 0.0750. The van der Waals surface area contributed by atoms with Gasteiger partial charge in [0, 0.05) is 6.04 Å². The standard InChI is InChI=1S/C12H14N2O/c1-8(13)12(15)14-11-6-9-4-2-3-5-10(9)7-11/h2-5,11,13H,6-7H2,1H3,(H,14,15). The molecule has 0 bridgehead atoms. The van der Waals surface area contributed by atoms with Crippen LogP contribution in [-0.4, -0.2) is 17.7 Å². The van der Waals surface area contributed by atoms with Gasteiger partial charge in [-0.1, -0.05) is 24.3 Å². The Bertz CT molecular complexity index is 387.